The topological polar surface area (TPSA) is 147 Å². The smallest absolute Gasteiger partial charge is 0.435 e. The van der Waals surface area contributed by atoms with Gasteiger partial charge in [0, 0.05) is 36.5 Å². The van der Waals surface area contributed by atoms with Gasteiger partial charge in [0.2, 0.25) is 0 Å². The van der Waals surface area contributed by atoms with Crippen molar-refractivity contribution in [1.29, 1.82) is 0 Å². The van der Waals surface area contributed by atoms with Crippen LogP contribution < -0.4 is 10.5 Å². The maximum absolute atomic E-state index is 13.1. The first-order valence-corrected chi connectivity index (χ1v) is 15.0. The first-order valence-electron chi connectivity index (χ1n) is 13.6. The van der Waals surface area contributed by atoms with E-state index in [0.717, 1.165) is 26.1 Å². The van der Waals surface area contributed by atoms with Crippen LogP contribution in [0.5, 0.6) is 5.75 Å². The molecule has 0 fully saturated rings. The number of rotatable bonds is 9. The minimum Gasteiger partial charge on any atom is -0.492 e. The first-order chi connectivity index (χ1) is 20.2. The van der Waals surface area contributed by atoms with Crippen LogP contribution in [0.25, 0.3) is 32.9 Å². The van der Waals surface area contributed by atoms with Gasteiger partial charge in [0.15, 0.2) is 5.58 Å². The Kier molecular flexibility index (Phi) is 7.99. The number of aliphatic hydroxyl groups is 1. The van der Waals surface area contributed by atoms with E-state index in [4.69, 9.17) is 13.9 Å². The Morgan fingerprint density at radius 1 is 1.05 bits per heavy atom. The standard InChI is InChI=1S/C30H34N4O8S/c1-30(2,3)42-28(36)33(14-15-40-20-11-12-22-21-8-6-7-9-23(21)31-24(22)17-20)18-26(35)19-10-13-27-25(16-19)34(29(37)41-27)43(38,39)32(4)5/h6-13,16-17,26,31,35H,14-15,18H2,1-5H3. The molecule has 0 radical (unpaired) electrons. The van der Waals surface area contributed by atoms with Gasteiger partial charge >= 0.3 is 22.1 Å². The summed E-state index contributed by atoms with van der Waals surface area (Å²) in [5, 5.41) is 13.3. The lowest BCUT2D eigenvalue weighted by Crippen LogP contribution is -2.41. The number of aromatic nitrogens is 2. The van der Waals surface area contributed by atoms with Crippen LogP contribution in [0.3, 0.4) is 0 Å². The Bertz CT molecular complexity index is 1970. The Hall–Kier alpha value is -4.33. The van der Waals surface area contributed by atoms with E-state index < -0.39 is 33.8 Å². The third-order valence-electron chi connectivity index (χ3n) is 6.79. The maximum atomic E-state index is 13.1. The molecule has 2 heterocycles. The van der Waals surface area contributed by atoms with Crippen molar-refractivity contribution < 1.29 is 32.2 Å². The summed E-state index contributed by atoms with van der Waals surface area (Å²) in [6, 6.07) is 18.0. The second-order valence-electron chi connectivity index (χ2n) is 11.3. The molecule has 13 heteroatoms. The Morgan fingerprint density at radius 2 is 1.77 bits per heavy atom. The normalized spacial score (nSPS) is 13.2. The summed E-state index contributed by atoms with van der Waals surface area (Å²) >= 11 is 0. The molecular formula is C30H34N4O8S. The number of ether oxygens (including phenoxy) is 2. The lowest BCUT2D eigenvalue weighted by Gasteiger charge is -2.29. The number of nitrogens with zero attached hydrogens (tertiary/aromatic N) is 3. The molecule has 2 aromatic heterocycles. The molecule has 0 saturated carbocycles. The number of benzene rings is 3. The number of oxazole rings is 1. The van der Waals surface area contributed by atoms with Crippen LogP contribution in [0.15, 0.2) is 69.9 Å². The second-order valence-corrected chi connectivity index (χ2v) is 13.3. The van der Waals surface area contributed by atoms with Crippen molar-refractivity contribution in [1.82, 2.24) is 18.2 Å². The largest absolute Gasteiger partial charge is 0.492 e. The molecule has 0 bridgehead atoms. The van der Waals surface area contributed by atoms with Crippen LogP contribution in [0.1, 0.15) is 32.4 Å². The van der Waals surface area contributed by atoms with E-state index in [1.807, 2.05) is 42.5 Å². The Morgan fingerprint density at radius 3 is 2.49 bits per heavy atom. The van der Waals surface area contributed by atoms with Crippen LogP contribution in [0.2, 0.25) is 0 Å². The van der Waals surface area contributed by atoms with Gasteiger partial charge in [-0.3, -0.25) is 0 Å². The van der Waals surface area contributed by atoms with Crippen LogP contribution in [-0.2, 0) is 14.9 Å². The van der Waals surface area contributed by atoms with Crippen molar-refractivity contribution in [2.45, 2.75) is 32.5 Å². The van der Waals surface area contributed by atoms with Crippen LogP contribution >= 0.6 is 0 Å². The van der Waals surface area contributed by atoms with Crippen LogP contribution in [-0.4, -0.2) is 77.2 Å². The molecule has 5 rings (SSSR count). The lowest BCUT2D eigenvalue weighted by atomic mass is 10.1. The van der Waals surface area contributed by atoms with E-state index in [2.05, 4.69) is 4.98 Å². The zero-order chi connectivity index (χ0) is 31.1. The number of para-hydroxylation sites is 1. The molecule has 5 aromatic rings. The molecule has 3 aromatic carbocycles. The van der Waals surface area contributed by atoms with Crippen molar-refractivity contribution in [2.75, 3.05) is 33.8 Å². The highest BCUT2D eigenvalue weighted by molar-refractivity contribution is 7.87. The zero-order valence-electron chi connectivity index (χ0n) is 24.5. The molecule has 43 heavy (non-hydrogen) atoms. The molecule has 0 aliphatic rings. The van der Waals surface area contributed by atoms with E-state index in [1.54, 1.807) is 20.8 Å². The number of carbonyl (C=O) groups is 1. The van der Waals surface area contributed by atoms with E-state index in [9.17, 15) is 23.1 Å². The number of fused-ring (bicyclic) bond motifs is 4. The number of amides is 1. The SMILES string of the molecule is CN(C)S(=O)(=O)n1c(=O)oc2ccc(C(O)CN(CCOc3ccc4c(c3)[nH]c3ccccc34)C(=O)OC(C)(C)C)cc21. The van der Waals surface area contributed by atoms with E-state index >= 15 is 0 Å². The minimum absolute atomic E-state index is 0.0326. The van der Waals surface area contributed by atoms with Crippen molar-refractivity contribution >= 4 is 49.2 Å². The highest BCUT2D eigenvalue weighted by Gasteiger charge is 2.27. The van der Waals surface area contributed by atoms with E-state index in [1.165, 1.54) is 37.2 Å². The van der Waals surface area contributed by atoms with Gasteiger partial charge in [-0.15, -0.1) is 0 Å². The van der Waals surface area contributed by atoms with Gasteiger partial charge in [0.05, 0.1) is 24.7 Å². The number of H-pyrrole nitrogens is 1. The summed E-state index contributed by atoms with van der Waals surface area (Å²) in [5.74, 6) is -0.470. The molecule has 1 unspecified atom stereocenters. The predicted octanol–water partition coefficient (Wildman–Crippen LogP) is 4.23. The van der Waals surface area contributed by atoms with Crippen LogP contribution in [0.4, 0.5) is 4.79 Å². The molecule has 0 spiro atoms. The fourth-order valence-electron chi connectivity index (χ4n) is 4.70. The van der Waals surface area contributed by atoms with Gasteiger partial charge in [-0.05, 0) is 56.7 Å². The number of aromatic amines is 1. The minimum atomic E-state index is -4.19. The Labute approximate surface area is 248 Å². The average Bonchev–Trinajstić information content (AvgIpc) is 3.47. The third-order valence-corrected chi connectivity index (χ3v) is 8.52. The molecule has 1 atom stereocenters. The average molecular weight is 611 g/mol. The van der Waals surface area contributed by atoms with Gasteiger partial charge in [-0.2, -0.15) is 16.7 Å². The van der Waals surface area contributed by atoms with Gasteiger partial charge in [0.25, 0.3) is 0 Å². The summed E-state index contributed by atoms with van der Waals surface area (Å²) in [5.41, 5.74) is 1.43. The van der Waals surface area contributed by atoms with Crippen LogP contribution in [0, 0.1) is 0 Å². The molecular weight excluding hydrogens is 576 g/mol. The van der Waals surface area contributed by atoms with Gasteiger partial charge in [-0.25, -0.2) is 9.59 Å². The lowest BCUT2D eigenvalue weighted by molar-refractivity contribution is 0.0117. The first kappa shape index (κ1) is 30.1. The molecule has 0 aliphatic carbocycles. The second kappa shape index (κ2) is 11.4. The fraction of sp³-hybridized carbons (Fsp3) is 0.333. The molecule has 0 aliphatic heterocycles. The molecule has 12 nitrogen and oxygen atoms in total. The molecule has 0 saturated heterocycles. The maximum Gasteiger partial charge on any atom is 0.435 e. The fourth-order valence-corrected chi connectivity index (χ4v) is 5.64. The van der Waals surface area contributed by atoms with Crippen molar-refractivity contribution in [3.63, 3.8) is 0 Å². The monoisotopic (exact) mass is 610 g/mol. The van der Waals surface area contributed by atoms with Gasteiger partial charge in [0.1, 0.15) is 23.5 Å². The number of hydrogen-bond acceptors (Lipinski definition) is 8. The molecule has 1 amide bonds. The highest BCUT2D eigenvalue weighted by Crippen LogP contribution is 2.28. The summed E-state index contributed by atoms with van der Waals surface area (Å²) in [6.45, 7) is 5.23. The summed E-state index contributed by atoms with van der Waals surface area (Å²) in [4.78, 5) is 30.2. The zero-order valence-corrected chi connectivity index (χ0v) is 25.3. The summed E-state index contributed by atoms with van der Waals surface area (Å²) in [7, 11) is -1.61. The number of hydrogen-bond donors (Lipinski definition) is 2. The molecule has 228 valence electrons. The molecule has 2 N–H and O–H groups in total. The third kappa shape index (κ3) is 6.24. The summed E-state index contributed by atoms with van der Waals surface area (Å²) in [6.07, 6.45) is -1.90. The number of nitrogens with one attached hydrogen (secondary N) is 1. The summed E-state index contributed by atoms with van der Waals surface area (Å²) < 4.78 is 43.5. The Balaban J connectivity index is 1.35. The quantitative estimate of drug-likeness (QED) is 0.252. The van der Waals surface area contributed by atoms with Gasteiger partial charge < -0.3 is 28.9 Å². The number of carbonyl (C=O) groups excluding carboxylic acids is 1. The van der Waals surface area contributed by atoms with E-state index in [-0.39, 0.29) is 36.4 Å². The van der Waals surface area contributed by atoms with Crippen molar-refractivity contribution in [3.05, 3.63) is 76.8 Å². The van der Waals surface area contributed by atoms with Crippen molar-refractivity contribution in [2.24, 2.45) is 0 Å². The van der Waals surface area contributed by atoms with Crippen molar-refractivity contribution in [3.8, 4) is 5.75 Å². The number of aliphatic hydroxyl groups excluding tert-OH is 1. The predicted molar refractivity (Wildman–Crippen MR) is 163 cm³/mol. The highest BCUT2D eigenvalue weighted by atomic mass is 32.2. The van der Waals surface area contributed by atoms with Gasteiger partial charge in [-0.1, -0.05) is 24.3 Å². The van der Waals surface area contributed by atoms with E-state index in [0.29, 0.717) is 9.72 Å².